The van der Waals surface area contributed by atoms with Crippen molar-refractivity contribution in [2.24, 2.45) is 0 Å². The molecule has 126 valence electrons. The van der Waals surface area contributed by atoms with Crippen molar-refractivity contribution in [2.75, 3.05) is 5.32 Å². The fraction of sp³-hybridized carbons (Fsp3) is 0.556. The Balaban J connectivity index is 1.41. The molecule has 2 aliphatic carbocycles. The molecular weight excluding hydrogens is 302 g/mol. The van der Waals surface area contributed by atoms with Gasteiger partial charge in [-0.15, -0.1) is 0 Å². The molecule has 0 spiro atoms. The number of fused-ring (bicyclic) bond motifs is 1. The van der Waals surface area contributed by atoms with Gasteiger partial charge in [-0.2, -0.15) is 5.10 Å². The van der Waals surface area contributed by atoms with E-state index in [-0.39, 0.29) is 11.6 Å². The van der Waals surface area contributed by atoms with E-state index in [2.05, 4.69) is 20.4 Å². The molecule has 2 heterocycles. The molecule has 0 saturated heterocycles. The Morgan fingerprint density at radius 1 is 1.12 bits per heavy atom. The number of aromatic nitrogens is 4. The van der Waals surface area contributed by atoms with Gasteiger partial charge in [0.15, 0.2) is 0 Å². The predicted molar refractivity (Wildman–Crippen MR) is 92.2 cm³/mol. The van der Waals surface area contributed by atoms with E-state index >= 15 is 0 Å². The molecule has 0 aromatic carbocycles. The van der Waals surface area contributed by atoms with Crippen LogP contribution in [0.4, 0.5) is 5.95 Å². The normalized spacial score (nSPS) is 23.0. The Morgan fingerprint density at radius 2 is 1.88 bits per heavy atom. The summed E-state index contributed by atoms with van der Waals surface area (Å²) in [6, 6.07) is 2.40. The lowest BCUT2D eigenvalue weighted by atomic mass is 9.91. The molecule has 2 aromatic heterocycles. The largest absolute Gasteiger partial charge is 0.351 e. The SMILES string of the molecule is Cc1cnc(NC2CCC(n3nc4c(cc3=O)CCC4)CC2)nc1. The maximum atomic E-state index is 12.3. The maximum Gasteiger partial charge on any atom is 0.267 e. The van der Waals surface area contributed by atoms with Crippen LogP contribution >= 0.6 is 0 Å². The van der Waals surface area contributed by atoms with Crippen LogP contribution in [0, 0.1) is 6.92 Å². The summed E-state index contributed by atoms with van der Waals surface area (Å²) >= 11 is 0. The quantitative estimate of drug-likeness (QED) is 0.938. The van der Waals surface area contributed by atoms with Gasteiger partial charge in [-0.25, -0.2) is 14.6 Å². The molecule has 2 aromatic rings. The van der Waals surface area contributed by atoms with Gasteiger partial charge >= 0.3 is 0 Å². The minimum absolute atomic E-state index is 0.0638. The van der Waals surface area contributed by atoms with Crippen LogP contribution in [0.25, 0.3) is 0 Å². The van der Waals surface area contributed by atoms with Gasteiger partial charge in [0.1, 0.15) is 0 Å². The number of nitrogens with one attached hydrogen (secondary N) is 1. The molecule has 1 fully saturated rings. The second-order valence-corrected chi connectivity index (χ2v) is 6.99. The standard InChI is InChI=1S/C18H23N5O/c1-12-10-19-18(20-11-12)21-14-5-7-15(8-6-14)23-17(24)9-13-3-2-4-16(13)22-23/h9-11,14-15H,2-8H2,1H3,(H,19,20,21). The summed E-state index contributed by atoms with van der Waals surface area (Å²) in [5, 5.41) is 8.06. The lowest BCUT2D eigenvalue weighted by Crippen LogP contribution is -2.34. The highest BCUT2D eigenvalue weighted by Crippen LogP contribution is 2.29. The monoisotopic (exact) mass is 325 g/mol. The van der Waals surface area contributed by atoms with Gasteiger partial charge in [0.05, 0.1) is 11.7 Å². The molecule has 4 rings (SSSR count). The zero-order valence-corrected chi connectivity index (χ0v) is 14.0. The molecule has 1 saturated carbocycles. The summed E-state index contributed by atoms with van der Waals surface area (Å²) in [7, 11) is 0. The Bertz CT molecular complexity index is 775. The van der Waals surface area contributed by atoms with Gasteiger partial charge in [-0.1, -0.05) is 0 Å². The van der Waals surface area contributed by atoms with Crippen molar-refractivity contribution < 1.29 is 0 Å². The summed E-state index contributed by atoms with van der Waals surface area (Å²) < 4.78 is 1.74. The summed E-state index contributed by atoms with van der Waals surface area (Å²) in [4.78, 5) is 21.0. The minimum atomic E-state index is 0.0638. The van der Waals surface area contributed by atoms with E-state index in [0.717, 1.165) is 61.8 Å². The van der Waals surface area contributed by atoms with Crippen molar-refractivity contribution in [2.45, 2.75) is 64.0 Å². The Kier molecular flexibility index (Phi) is 4.04. The molecule has 0 aliphatic heterocycles. The van der Waals surface area contributed by atoms with E-state index in [4.69, 9.17) is 0 Å². The molecule has 2 aliphatic rings. The van der Waals surface area contributed by atoms with Gasteiger partial charge in [0, 0.05) is 24.5 Å². The topological polar surface area (TPSA) is 72.7 Å². The van der Waals surface area contributed by atoms with Gasteiger partial charge in [0.25, 0.3) is 5.56 Å². The van der Waals surface area contributed by atoms with E-state index < -0.39 is 0 Å². The first kappa shape index (κ1) is 15.3. The molecule has 6 nitrogen and oxygen atoms in total. The van der Waals surface area contributed by atoms with Gasteiger partial charge < -0.3 is 5.32 Å². The number of anilines is 1. The van der Waals surface area contributed by atoms with Crippen LogP contribution in [0.5, 0.6) is 0 Å². The van der Waals surface area contributed by atoms with E-state index in [1.54, 1.807) is 10.7 Å². The van der Waals surface area contributed by atoms with Crippen LogP contribution in [-0.2, 0) is 12.8 Å². The lowest BCUT2D eigenvalue weighted by Gasteiger charge is -2.29. The van der Waals surface area contributed by atoms with Crippen molar-refractivity contribution in [1.82, 2.24) is 19.7 Å². The van der Waals surface area contributed by atoms with Gasteiger partial charge in [-0.05, 0) is 63.0 Å². The van der Waals surface area contributed by atoms with Crippen molar-refractivity contribution >= 4 is 5.95 Å². The van der Waals surface area contributed by atoms with E-state index in [1.165, 1.54) is 0 Å². The van der Waals surface area contributed by atoms with Crippen LogP contribution in [0.15, 0.2) is 23.3 Å². The highest BCUT2D eigenvalue weighted by molar-refractivity contribution is 5.26. The molecule has 0 bridgehead atoms. The van der Waals surface area contributed by atoms with Crippen LogP contribution in [0.1, 0.15) is 55.0 Å². The van der Waals surface area contributed by atoms with Gasteiger partial charge in [-0.3, -0.25) is 4.79 Å². The third kappa shape index (κ3) is 3.05. The number of rotatable bonds is 3. The van der Waals surface area contributed by atoms with E-state index in [0.29, 0.717) is 12.0 Å². The second kappa shape index (κ2) is 6.34. The molecule has 1 N–H and O–H groups in total. The number of nitrogens with zero attached hydrogens (tertiary/aromatic N) is 4. The molecular formula is C18H23N5O. The van der Waals surface area contributed by atoms with E-state index in [9.17, 15) is 4.79 Å². The number of aryl methyl sites for hydroxylation is 3. The van der Waals surface area contributed by atoms with Crippen molar-refractivity contribution in [3.05, 3.63) is 45.6 Å². The van der Waals surface area contributed by atoms with Crippen LogP contribution in [-0.4, -0.2) is 25.8 Å². The second-order valence-electron chi connectivity index (χ2n) is 6.99. The molecule has 0 unspecified atom stereocenters. The third-order valence-electron chi connectivity index (χ3n) is 5.14. The highest BCUT2D eigenvalue weighted by atomic mass is 16.1. The average Bonchev–Trinajstić information content (AvgIpc) is 3.04. The minimum Gasteiger partial charge on any atom is -0.351 e. The first-order valence-corrected chi connectivity index (χ1v) is 8.86. The fourth-order valence-electron chi connectivity index (χ4n) is 3.79. The van der Waals surface area contributed by atoms with Crippen LogP contribution in [0.3, 0.4) is 0 Å². The molecule has 0 amide bonds. The Hall–Kier alpha value is -2.24. The Morgan fingerprint density at radius 3 is 2.62 bits per heavy atom. The number of hydrogen-bond acceptors (Lipinski definition) is 5. The Labute approximate surface area is 141 Å². The predicted octanol–water partition coefficient (Wildman–Crippen LogP) is 2.43. The molecule has 0 radical (unpaired) electrons. The zero-order chi connectivity index (χ0) is 16.5. The van der Waals surface area contributed by atoms with Crippen molar-refractivity contribution in [1.29, 1.82) is 0 Å². The van der Waals surface area contributed by atoms with Crippen molar-refractivity contribution in [3.63, 3.8) is 0 Å². The van der Waals surface area contributed by atoms with Crippen LogP contribution < -0.4 is 10.9 Å². The summed E-state index contributed by atoms with van der Waals surface area (Å²) in [5.41, 5.74) is 3.41. The van der Waals surface area contributed by atoms with Crippen LogP contribution in [0.2, 0.25) is 0 Å². The summed E-state index contributed by atoms with van der Waals surface area (Å²) in [6.07, 6.45) is 10.7. The average molecular weight is 325 g/mol. The van der Waals surface area contributed by atoms with Gasteiger partial charge in [0.2, 0.25) is 5.95 Å². The third-order valence-corrected chi connectivity index (χ3v) is 5.14. The van der Waals surface area contributed by atoms with E-state index in [1.807, 2.05) is 19.3 Å². The summed E-state index contributed by atoms with van der Waals surface area (Å²) in [6.45, 7) is 1.98. The van der Waals surface area contributed by atoms with Crippen molar-refractivity contribution in [3.8, 4) is 0 Å². The maximum absolute atomic E-state index is 12.3. The number of hydrogen-bond donors (Lipinski definition) is 1. The first-order valence-electron chi connectivity index (χ1n) is 8.86. The molecule has 24 heavy (non-hydrogen) atoms. The smallest absolute Gasteiger partial charge is 0.267 e. The highest BCUT2D eigenvalue weighted by Gasteiger charge is 2.25. The first-order chi connectivity index (χ1) is 11.7. The molecule has 6 heteroatoms. The lowest BCUT2D eigenvalue weighted by molar-refractivity contribution is 0.301. The summed E-state index contributed by atoms with van der Waals surface area (Å²) in [5.74, 6) is 0.692. The zero-order valence-electron chi connectivity index (χ0n) is 14.0. The molecule has 0 atom stereocenters. The fourth-order valence-corrected chi connectivity index (χ4v) is 3.79.